The summed E-state index contributed by atoms with van der Waals surface area (Å²) < 4.78 is 30.7. The first-order valence-corrected chi connectivity index (χ1v) is 32.0. The lowest BCUT2D eigenvalue weighted by molar-refractivity contribution is -0.870. The zero-order valence-electron chi connectivity index (χ0n) is 48.2. The molecule has 0 rings (SSSR count). The van der Waals surface area contributed by atoms with Gasteiger partial charge in [-0.2, -0.15) is 0 Å². The van der Waals surface area contributed by atoms with Crippen LogP contribution < -0.4 is 5.32 Å². The van der Waals surface area contributed by atoms with Gasteiger partial charge < -0.3 is 19.4 Å². The van der Waals surface area contributed by atoms with Gasteiger partial charge in [-0.15, -0.1) is 0 Å². The lowest BCUT2D eigenvalue weighted by Crippen LogP contribution is -2.47. The fourth-order valence-electron chi connectivity index (χ4n) is 8.77. The number of nitrogens with zero attached hydrogens (tertiary/aromatic N) is 1. The molecule has 0 aromatic rings. The van der Waals surface area contributed by atoms with Gasteiger partial charge in [-0.25, -0.2) is 4.57 Å². The van der Waals surface area contributed by atoms with Crippen molar-refractivity contribution in [2.24, 2.45) is 0 Å². The molecule has 0 heterocycles. The summed E-state index contributed by atoms with van der Waals surface area (Å²) in [4.78, 5) is 37.7. The van der Waals surface area contributed by atoms with Crippen LogP contribution >= 0.6 is 7.82 Å². The van der Waals surface area contributed by atoms with Crippen LogP contribution in [0.25, 0.3) is 0 Å². The van der Waals surface area contributed by atoms with Crippen molar-refractivity contribution in [3.63, 3.8) is 0 Å². The number of nitrogens with one attached hydrogen (secondary N) is 1. The van der Waals surface area contributed by atoms with Crippen molar-refractivity contribution in [3.05, 3.63) is 48.6 Å². The molecule has 0 aromatic carbocycles. The maximum atomic E-state index is 13.5. The van der Waals surface area contributed by atoms with Gasteiger partial charge in [-0.3, -0.25) is 18.6 Å². The first kappa shape index (κ1) is 70.0. The third-order valence-corrected chi connectivity index (χ3v) is 14.5. The molecule has 0 bridgehead atoms. The van der Waals surface area contributed by atoms with Crippen LogP contribution in [0.4, 0.5) is 0 Å². The Morgan fingerprint density at radius 2 is 0.847 bits per heavy atom. The van der Waals surface area contributed by atoms with Gasteiger partial charge in [-0.05, 0) is 70.3 Å². The summed E-state index contributed by atoms with van der Waals surface area (Å²) in [6.45, 7) is 6.99. The van der Waals surface area contributed by atoms with E-state index in [0.29, 0.717) is 23.9 Å². The van der Waals surface area contributed by atoms with E-state index in [-0.39, 0.29) is 31.5 Å². The maximum Gasteiger partial charge on any atom is 0.472 e. The largest absolute Gasteiger partial charge is 0.472 e. The zero-order chi connectivity index (χ0) is 52.9. The van der Waals surface area contributed by atoms with Crippen LogP contribution in [0.5, 0.6) is 0 Å². The third-order valence-electron chi connectivity index (χ3n) is 13.5. The van der Waals surface area contributed by atoms with Gasteiger partial charge in [0.25, 0.3) is 0 Å². The van der Waals surface area contributed by atoms with E-state index in [2.05, 4.69) is 62.5 Å². The lowest BCUT2D eigenvalue weighted by Gasteiger charge is -2.27. The van der Waals surface area contributed by atoms with Gasteiger partial charge in [0, 0.05) is 12.8 Å². The topological polar surface area (TPSA) is 111 Å². The molecule has 422 valence electrons. The highest BCUT2D eigenvalue weighted by atomic mass is 31.2. The monoisotopic (exact) mass is 1030 g/mol. The lowest BCUT2D eigenvalue weighted by atomic mass is 10.0. The minimum atomic E-state index is -4.45. The number of carbonyl (C=O) groups excluding carboxylic acids is 2. The number of allylic oxidation sites excluding steroid dienone is 7. The maximum absolute atomic E-state index is 13.5. The van der Waals surface area contributed by atoms with E-state index in [0.717, 1.165) is 77.0 Å². The third kappa shape index (κ3) is 52.8. The zero-order valence-corrected chi connectivity index (χ0v) is 49.1. The summed E-state index contributed by atoms with van der Waals surface area (Å²) in [5.74, 6) is -0.520. The van der Waals surface area contributed by atoms with Gasteiger partial charge in [0.1, 0.15) is 19.3 Å². The molecule has 0 fully saturated rings. The number of esters is 1. The predicted octanol–water partition coefficient (Wildman–Crippen LogP) is 18.5. The number of carbonyl (C=O) groups is 2. The van der Waals surface area contributed by atoms with Crippen molar-refractivity contribution in [2.75, 3.05) is 40.9 Å². The highest BCUT2D eigenvalue weighted by Gasteiger charge is 2.30. The molecule has 0 radical (unpaired) electrons. The van der Waals surface area contributed by atoms with Crippen molar-refractivity contribution in [2.45, 2.75) is 296 Å². The number of hydrogen-bond acceptors (Lipinski definition) is 6. The molecular weight excluding hydrogens is 916 g/mol. The van der Waals surface area contributed by atoms with E-state index in [1.807, 2.05) is 33.3 Å². The quantitative estimate of drug-likeness (QED) is 0.0205. The number of hydrogen-bond donors (Lipinski definition) is 2. The number of ether oxygens (including phenoxy) is 1. The molecule has 0 aliphatic heterocycles. The molecule has 0 spiro atoms. The average Bonchev–Trinajstić information content (AvgIpc) is 3.34. The Balaban J connectivity index is 5.35. The summed E-state index contributed by atoms with van der Waals surface area (Å²) >= 11 is 0. The van der Waals surface area contributed by atoms with E-state index < -0.39 is 20.0 Å². The molecule has 2 N–H and O–H groups in total. The number of quaternary nitrogens is 1. The molecule has 72 heavy (non-hydrogen) atoms. The number of rotatable bonds is 55. The molecular formula is C62H118N2O7P+. The summed E-state index contributed by atoms with van der Waals surface area (Å²) in [5.41, 5.74) is 0. The summed E-state index contributed by atoms with van der Waals surface area (Å²) in [6, 6.07) is -0.854. The minimum absolute atomic E-state index is 0.0375. The van der Waals surface area contributed by atoms with E-state index in [1.54, 1.807) is 0 Å². The Bertz CT molecular complexity index is 1380. The van der Waals surface area contributed by atoms with Crippen molar-refractivity contribution in [3.8, 4) is 0 Å². The fourth-order valence-corrected chi connectivity index (χ4v) is 9.51. The van der Waals surface area contributed by atoms with Crippen LogP contribution in [0, 0.1) is 0 Å². The van der Waals surface area contributed by atoms with Gasteiger partial charge >= 0.3 is 13.8 Å². The molecule has 1 amide bonds. The summed E-state index contributed by atoms with van der Waals surface area (Å²) in [6.07, 6.45) is 63.8. The van der Waals surface area contributed by atoms with Gasteiger partial charge in [0.05, 0.1) is 33.8 Å². The highest BCUT2D eigenvalue weighted by molar-refractivity contribution is 7.47. The van der Waals surface area contributed by atoms with E-state index in [9.17, 15) is 19.0 Å². The van der Waals surface area contributed by atoms with E-state index in [1.165, 1.54) is 167 Å². The van der Waals surface area contributed by atoms with Crippen molar-refractivity contribution >= 4 is 19.7 Å². The molecule has 0 aliphatic carbocycles. The number of amides is 1. The van der Waals surface area contributed by atoms with E-state index in [4.69, 9.17) is 13.8 Å². The van der Waals surface area contributed by atoms with Gasteiger partial charge in [0.15, 0.2) is 0 Å². The van der Waals surface area contributed by atoms with E-state index >= 15 is 0 Å². The molecule has 10 heteroatoms. The average molecular weight is 1030 g/mol. The Morgan fingerprint density at radius 1 is 0.486 bits per heavy atom. The van der Waals surface area contributed by atoms with Gasteiger partial charge in [-0.1, -0.05) is 250 Å². The number of phosphoric acid groups is 1. The molecule has 3 unspecified atom stereocenters. The first-order valence-electron chi connectivity index (χ1n) is 30.5. The summed E-state index contributed by atoms with van der Waals surface area (Å²) in [5, 5.41) is 3.05. The Morgan fingerprint density at radius 3 is 1.29 bits per heavy atom. The Labute approximate surface area is 446 Å². The van der Waals surface area contributed by atoms with Crippen LogP contribution in [0.1, 0.15) is 284 Å². The fraction of sp³-hybridized carbons (Fsp3) is 0.839. The van der Waals surface area contributed by atoms with Crippen LogP contribution in [-0.2, 0) is 27.9 Å². The molecule has 0 aliphatic rings. The van der Waals surface area contributed by atoms with Crippen LogP contribution in [0.2, 0.25) is 0 Å². The van der Waals surface area contributed by atoms with Gasteiger partial charge in [0.2, 0.25) is 5.91 Å². The standard InChI is InChI=1S/C62H117N2O7P/c1-7-10-13-16-19-22-25-28-30-32-34-37-40-43-46-49-52-55-62(66)71-60(53-50-47-44-41-38-35-27-24-21-18-15-12-9-3)59(58-70-72(67,68)69-57-56-64(4,5)6)63-61(65)54-51-48-45-42-39-36-33-31-29-26-23-20-17-14-11-8-2/h19,22,28,30,34,37,50,53,59-60H,7-18,20-21,23-27,29,31-33,35-36,38-49,51-52,54-58H2,1-6H3,(H-,63,65,67,68)/p+1/b22-19-,30-28-,37-34-,53-50+. The Kier molecular flexibility index (Phi) is 50.9. The SMILES string of the molecule is CCCCC/C=C\C/C=C\C/C=C\CCCCCCC(=O)OC(/C=C/CCCCCCCCCCCCC)C(COP(=O)(O)OCC[N+](C)(C)C)NC(=O)CCCCCCCCCCCCCCCCCC. The second kappa shape index (κ2) is 52.4. The second-order valence-electron chi connectivity index (χ2n) is 21.9. The number of unbranched alkanes of at least 4 members (excludes halogenated alkanes) is 33. The number of phosphoric ester groups is 1. The highest BCUT2D eigenvalue weighted by Crippen LogP contribution is 2.43. The summed E-state index contributed by atoms with van der Waals surface area (Å²) in [7, 11) is 1.49. The molecule has 9 nitrogen and oxygen atoms in total. The molecule has 0 saturated heterocycles. The molecule has 3 atom stereocenters. The normalized spacial score (nSPS) is 14.0. The first-order chi connectivity index (χ1) is 34.9. The minimum Gasteiger partial charge on any atom is -0.456 e. The Hall–Kier alpha value is -2.03. The van der Waals surface area contributed by atoms with Crippen LogP contribution in [-0.4, -0.2) is 74.3 Å². The predicted molar refractivity (Wildman–Crippen MR) is 309 cm³/mol. The second-order valence-corrected chi connectivity index (χ2v) is 23.3. The van der Waals surface area contributed by atoms with Crippen molar-refractivity contribution in [1.29, 1.82) is 0 Å². The number of likely N-dealkylation sites (N-methyl/N-ethyl adjacent to an activating group) is 1. The van der Waals surface area contributed by atoms with Crippen LogP contribution in [0.3, 0.4) is 0 Å². The van der Waals surface area contributed by atoms with Crippen molar-refractivity contribution in [1.82, 2.24) is 5.32 Å². The smallest absolute Gasteiger partial charge is 0.456 e. The molecule has 0 saturated carbocycles. The van der Waals surface area contributed by atoms with Crippen LogP contribution in [0.15, 0.2) is 48.6 Å². The molecule has 0 aromatic heterocycles. The van der Waals surface area contributed by atoms with Crippen molar-refractivity contribution < 1.29 is 37.3 Å².